The topological polar surface area (TPSA) is 83.7 Å². The molecule has 2 saturated heterocycles. The lowest BCUT2D eigenvalue weighted by atomic mass is 9.61. The highest BCUT2D eigenvalue weighted by Crippen LogP contribution is 2.46. The molecular formula is C21H29N3O3S. The minimum Gasteiger partial charge on any atom is -0.369 e. The van der Waals surface area contributed by atoms with Crippen LogP contribution >= 0.6 is 11.3 Å². The molecular weight excluding hydrogens is 374 g/mol. The van der Waals surface area contributed by atoms with Crippen LogP contribution in [0.15, 0.2) is 16.8 Å². The van der Waals surface area contributed by atoms with Gasteiger partial charge in [0.2, 0.25) is 17.7 Å². The number of piperidine rings is 2. The first-order chi connectivity index (χ1) is 13.5. The Morgan fingerprint density at radius 1 is 1.11 bits per heavy atom. The number of nitrogens with zero attached hydrogens (tertiary/aromatic N) is 2. The molecule has 6 nitrogen and oxygen atoms in total. The summed E-state index contributed by atoms with van der Waals surface area (Å²) in [6.45, 7) is 2.81. The Morgan fingerprint density at radius 2 is 1.86 bits per heavy atom. The Balaban J connectivity index is 1.28. The Hall–Kier alpha value is -1.89. The smallest absolute Gasteiger partial charge is 0.226 e. The highest BCUT2D eigenvalue weighted by molar-refractivity contribution is 7.07. The third-order valence-corrected chi connectivity index (χ3v) is 7.70. The fourth-order valence-electron chi connectivity index (χ4n) is 5.06. The molecule has 0 radical (unpaired) electrons. The van der Waals surface area contributed by atoms with Crippen molar-refractivity contribution in [2.45, 2.75) is 38.5 Å². The van der Waals surface area contributed by atoms with Gasteiger partial charge in [-0.25, -0.2) is 0 Å². The van der Waals surface area contributed by atoms with Gasteiger partial charge < -0.3 is 15.5 Å². The highest BCUT2D eigenvalue weighted by atomic mass is 32.1. The molecule has 0 spiro atoms. The van der Waals surface area contributed by atoms with Crippen molar-refractivity contribution in [2.24, 2.45) is 29.4 Å². The minimum atomic E-state index is -0.250. The highest BCUT2D eigenvalue weighted by Gasteiger charge is 2.49. The summed E-state index contributed by atoms with van der Waals surface area (Å²) in [5, 5.41) is 4.14. The minimum absolute atomic E-state index is 0.0441. The molecule has 2 aliphatic heterocycles. The monoisotopic (exact) mass is 403 g/mol. The third-order valence-electron chi connectivity index (χ3n) is 6.97. The van der Waals surface area contributed by atoms with Crippen LogP contribution in [0.4, 0.5) is 0 Å². The van der Waals surface area contributed by atoms with Crippen LogP contribution in [0.2, 0.25) is 0 Å². The van der Waals surface area contributed by atoms with E-state index in [9.17, 15) is 14.4 Å². The number of likely N-dealkylation sites (tertiary alicyclic amines) is 2. The van der Waals surface area contributed by atoms with E-state index in [2.05, 4.69) is 11.4 Å². The molecule has 0 aromatic carbocycles. The first-order valence-electron chi connectivity index (χ1n) is 10.4. The molecule has 1 aromatic heterocycles. The number of carbonyl (C=O) groups is 3. The third kappa shape index (κ3) is 3.95. The predicted octanol–water partition coefficient (Wildman–Crippen LogP) is 1.89. The molecule has 1 aromatic rings. The molecule has 3 fully saturated rings. The lowest BCUT2D eigenvalue weighted by molar-refractivity contribution is -0.154. The van der Waals surface area contributed by atoms with Gasteiger partial charge in [-0.2, -0.15) is 11.3 Å². The molecule has 1 aliphatic carbocycles. The van der Waals surface area contributed by atoms with Gasteiger partial charge in [-0.1, -0.05) is 0 Å². The summed E-state index contributed by atoms with van der Waals surface area (Å²) >= 11 is 1.66. The van der Waals surface area contributed by atoms with Gasteiger partial charge in [-0.3, -0.25) is 14.4 Å². The van der Waals surface area contributed by atoms with Gasteiger partial charge in [0, 0.05) is 44.4 Å². The van der Waals surface area contributed by atoms with Gasteiger partial charge in [-0.05, 0) is 66.3 Å². The number of nitrogens with two attached hydrogens (primary N) is 1. The van der Waals surface area contributed by atoms with Crippen molar-refractivity contribution >= 4 is 29.1 Å². The van der Waals surface area contributed by atoms with E-state index in [1.807, 2.05) is 15.2 Å². The summed E-state index contributed by atoms with van der Waals surface area (Å²) in [6, 6.07) is 2.08. The molecule has 3 heterocycles. The molecule has 2 N–H and O–H groups in total. The van der Waals surface area contributed by atoms with Crippen molar-refractivity contribution in [3.8, 4) is 0 Å². The summed E-state index contributed by atoms with van der Waals surface area (Å²) in [6.07, 6.45) is 4.67. The number of aryl methyl sites for hydroxylation is 1. The predicted molar refractivity (Wildman–Crippen MR) is 107 cm³/mol. The Morgan fingerprint density at radius 3 is 2.54 bits per heavy atom. The van der Waals surface area contributed by atoms with Crippen LogP contribution in [0, 0.1) is 23.7 Å². The van der Waals surface area contributed by atoms with Crippen molar-refractivity contribution in [3.05, 3.63) is 22.4 Å². The summed E-state index contributed by atoms with van der Waals surface area (Å²) in [5.41, 5.74) is 6.62. The molecule has 7 heteroatoms. The lowest BCUT2D eigenvalue weighted by Crippen LogP contribution is -2.57. The van der Waals surface area contributed by atoms with Crippen LogP contribution in [-0.4, -0.2) is 53.7 Å². The van der Waals surface area contributed by atoms with Gasteiger partial charge in [-0.15, -0.1) is 0 Å². The summed E-state index contributed by atoms with van der Waals surface area (Å²) in [7, 11) is 0. The van der Waals surface area contributed by atoms with Gasteiger partial charge in [0.05, 0.1) is 0 Å². The van der Waals surface area contributed by atoms with E-state index in [0.717, 1.165) is 32.4 Å². The van der Waals surface area contributed by atoms with Gasteiger partial charge >= 0.3 is 0 Å². The first-order valence-corrected chi connectivity index (χ1v) is 11.3. The first kappa shape index (κ1) is 19.4. The molecule has 3 amide bonds. The Kier molecular flexibility index (Phi) is 5.71. The number of amides is 3. The number of primary amides is 1. The number of hydrogen-bond acceptors (Lipinski definition) is 4. The van der Waals surface area contributed by atoms with Crippen LogP contribution in [0.5, 0.6) is 0 Å². The average molecular weight is 404 g/mol. The van der Waals surface area contributed by atoms with Crippen LogP contribution in [0.25, 0.3) is 0 Å². The van der Waals surface area contributed by atoms with Crippen molar-refractivity contribution in [1.82, 2.24) is 9.80 Å². The average Bonchev–Trinajstić information content (AvgIpc) is 3.20. The summed E-state index contributed by atoms with van der Waals surface area (Å²) in [4.78, 5) is 40.8. The SMILES string of the molecule is NC(=O)C1CCN(C(=O)[C@@H]2C[C@H]3CCN(C(=O)CCc4ccsc4)C[C@H]32)CC1. The van der Waals surface area contributed by atoms with E-state index in [1.165, 1.54) is 5.56 Å². The maximum absolute atomic E-state index is 13.0. The van der Waals surface area contributed by atoms with Crippen molar-refractivity contribution in [3.63, 3.8) is 0 Å². The van der Waals surface area contributed by atoms with Gasteiger partial charge in [0.1, 0.15) is 0 Å². The van der Waals surface area contributed by atoms with Crippen molar-refractivity contribution in [1.29, 1.82) is 0 Å². The molecule has 3 atom stereocenters. The molecule has 0 unspecified atom stereocenters. The van der Waals surface area contributed by atoms with Crippen LogP contribution in [-0.2, 0) is 20.8 Å². The zero-order valence-corrected chi connectivity index (χ0v) is 17.0. The van der Waals surface area contributed by atoms with Gasteiger partial charge in [0.25, 0.3) is 0 Å². The quantitative estimate of drug-likeness (QED) is 0.815. The largest absolute Gasteiger partial charge is 0.369 e. The van der Waals surface area contributed by atoms with E-state index in [1.54, 1.807) is 11.3 Å². The second-order valence-electron chi connectivity index (χ2n) is 8.53. The maximum Gasteiger partial charge on any atom is 0.226 e. The van der Waals surface area contributed by atoms with E-state index in [-0.39, 0.29) is 29.6 Å². The number of hydrogen-bond donors (Lipinski definition) is 1. The number of rotatable bonds is 5. The molecule has 152 valence electrons. The van der Waals surface area contributed by atoms with E-state index in [4.69, 9.17) is 5.73 Å². The summed E-state index contributed by atoms with van der Waals surface area (Å²) in [5.74, 6) is 1.02. The molecule has 0 bridgehead atoms. The Bertz CT molecular complexity index is 727. The normalized spacial score (nSPS) is 27.8. The summed E-state index contributed by atoms with van der Waals surface area (Å²) < 4.78 is 0. The fourth-order valence-corrected chi connectivity index (χ4v) is 5.76. The van der Waals surface area contributed by atoms with Crippen molar-refractivity contribution in [2.75, 3.05) is 26.2 Å². The Labute approximate surface area is 170 Å². The van der Waals surface area contributed by atoms with Gasteiger partial charge in [0.15, 0.2) is 0 Å². The lowest BCUT2D eigenvalue weighted by Gasteiger charge is -2.51. The molecule has 28 heavy (non-hydrogen) atoms. The standard InChI is InChI=1S/C21H29N3O3S/c22-20(26)15-3-7-23(8-4-15)21(27)17-11-16-5-9-24(12-18(16)17)19(25)2-1-14-6-10-28-13-14/h6,10,13,15-18H,1-5,7-9,11-12H2,(H2,22,26)/t16-,17-,18-/m1/s1. The van der Waals surface area contributed by atoms with Crippen LogP contribution in [0.1, 0.15) is 37.7 Å². The zero-order chi connectivity index (χ0) is 19.7. The van der Waals surface area contributed by atoms with E-state index < -0.39 is 0 Å². The van der Waals surface area contributed by atoms with E-state index in [0.29, 0.717) is 44.2 Å². The second kappa shape index (κ2) is 8.23. The van der Waals surface area contributed by atoms with Crippen molar-refractivity contribution < 1.29 is 14.4 Å². The number of carbonyl (C=O) groups excluding carboxylic acids is 3. The maximum atomic E-state index is 13.0. The molecule has 4 rings (SSSR count). The number of thiophene rings is 1. The fraction of sp³-hybridized carbons (Fsp3) is 0.667. The number of fused-ring (bicyclic) bond motifs is 1. The molecule has 3 aliphatic rings. The van der Waals surface area contributed by atoms with Crippen LogP contribution in [0.3, 0.4) is 0 Å². The van der Waals surface area contributed by atoms with Crippen LogP contribution < -0.4 is 5.73 Å². The van der Waals surface area contributed by atoms with E-state index >= 15 is 0 Å². The molecule has 1 saturated carbocycles. The zero-order valence-electron chi connectivity index (χ0n) is 16.2. The second-order valence-corrected chi connectivity index (χ2v) is 9.31.